The monoisotopic (exact) mass is 289 g/mol. The van der Waals surface area contributed by atoms with E-state index in [0.29, 0.717) is 18.7 Å². The van der Waals surface area contributed by atoms with Gasteiger partial charge in [-0.05, 0) is 37.6 Å². The molecular formula is C16H20FN3O. The summed E-state index contributed by atoms with van der Waals surface area (Å²) in [7, 11) is 0. The van der Waals surface area contributed by atoms with E-state index in [-0.39, 0.29) is 18.3 Å². The van der Waals surface area contributed by atoms with Gasteiger partial charge in [0.2, 0.25) is 5.91 Å². The Hall–Kier alpha value is -1.90. The van der Waals surface area contributed by atoms with Crippen LogP contribution in [0.1, 0.15) is 24.5 Å². The highest BCUT2D eigenvalue weighted by Gasteiger charge is 2.38. The number of amides is 1. The number of rotatable bonds is 3. The maximum absolute atomic E-state index is 13.3. The second kappa shape index (κ2) is 6.25. The van der Waals surface area contributed by atoms with Crippen LogP contribution in [0, 0.1) is 23.1 Å². The molecule has 0 aliphatic carbocycles. The van der Waals surface area contributed by atoms with Gasteiger partial charge in [-0.25, -0.2) is 4.39 Å². The van der Waals surface area contributed by atoms with Crippen LogP contribution in [-0.2, 0) is 11.3 Å². The van der Waals surface area contributed by atoms with Gasteiger partial charge in [0.1, 0.15) is 5.82 Å². The number of carbonyl (C=O) groups excluding carboxylic acids is 1. The highest BCUT2D eigenvalue weighted by Crippen LogP contribution is 2.30. The molecule has 1 aliphatic rings. The third-order valence-corrected chi connectivity index (χ3v) is 3.94. The van der Waals surface area contributed by atoms with Crippen LogP contribution in [0.25, 0.3) is 0 Å². The molecule has 21 heavy (non-hydrogen) atoms. The number of nitrogens with two attached hydrogens (primary N) is 2. The molecule has 4 N–H and O–H groups in total. The Labute approximate surface area is 124 Å². The molecule has 2 rings (SSSR count). The number of carbonyl (C=O) groups is 1. The molecule has 1 atom stereocenters. The zero-order chi connectivity index (χ0) is 15.5. The molecule has 112 valence electrons. The standard InChI is InChI=1S/C16H20FN3O/c1-16(15(19)21)6-8-20(11-16)10-13-4-5-14(17)9-12(13)3-2-7-18/h4-5,9H,6-8,10-11,18H2,1H3,(H2,19,21). The summed E-state index contributed by atoms with van der Waals surface area (Å²) in [6.45, 7) is 4.15. The lowest BCUT2D eigenvalue weighted by Crippen LogP contribution is -2.37. The summed E-state index contributed by atoms with van der Waals surface area (Å²) in [5.74, 6) is 5.06. The zero-order valence-electron chi connectivity index (χ0n) is 12.2. The molecule has 1 aliphatic heterocycles. The van der Waals surface area contributed by atoms with Crippen LogP contribution in [0.15, 0.2) is 18.2 Å². The second-order valence-electron chi connectivity index (χ2n) is 5.69. The first kappa shape index (κ1) is 15.5. The summed E-state index contributed by atoms with van der Waals surface area (Å²) in [6.07, 6.45) is 0.743. The minimum Gasteiger partial charge on any atom is -0.369 e. The number of likely N-dealkylation sites (tertiary alicyclic amines) is 1. The minimum atomic E-state index is -0.483. The Morgan fingerprint density at radius 1 is 1.52 bits per heavy atom. The van der Waals surface area contributed by atoms with Crippen molar-refractivity contribution in [3.8, 4) is 11.8 Å². The van der Waals surface area contributed by atoms with Crippen molar-refractivity contribution in [1.29, 1.82) is 0 Å². The Bertz CT molecular complexity index is 605. The molecule has 5 heteroatoms. The van der Waals surface area contributed by atoms with Crippen molar-refractivity contribution < 1.29 is 9.18 Å². The number of hydrogen-bond acceptors (Lipinski definition) is 3. The number of primary amides is 1. The first-order valence-electron chi connectivity index (χ1n) is 6.94. The molecule has 0 bridgehead atoms. The van der Waals surface area contributed by atoms with Crippen LogP contribution < -0.4 is 11.5 Å². The summed E-state index contributed by atoms with van der Waals surface area (Å²) >= 11 is 0. The van der Waals surface area contributed by atoms with Gasteiger partial charge in [0.05, 0.1) is 12.0 Å². The van der Waals surface area contributed by atoms with E-state index in [2.05, 4.69) is 16.7 Å². The third-order valence-electron chi connectivity index (χ3n) is 3.94. The lowest BCUT2D eigenvalue weighted by Gasteiger charge is -2.21. The number of nitrogens with zero attached hydrogens (tertiary/aromatic N) is 1. The van der Waals surface area contributed by atoms with Gasteiger partial charge in [-0.2, -0.15) is 0 Å². The van der Waals surface area contributed by atoms with Crippen molar-refractivity contribution in [2.24, 2.45) is 16.9 Å². The largest absolute Gasteiger partial charge is 0.369 e. The molecular weight excluding hydrogens is 269 g/mol. The molecule has 0 spiro atoms. The Balaban J connectivity index is 2.16. The summed E-state index contributed by atoms with van der Waals surface area (Å²) < 4.78 is 13.3. The molecule has 0 saturated carbocycles. The highest BCUT2D eigenvalue weighted by atomic mass is 19.1. The second-order valence-corrected chi connectivity index (χ2v) is 5.69. The highest BCUT2D eigenvalue weighted by molar-refractivity contribution is 5.81. The molecule has 0 radical (unpaired) electrons. The van der Waals surface area contributed by atoms with Gasteiger partial charge >= 0.3 is 0 Å². The molecule has 1 aromatic carbocycles. The number of benzene rings is 1. The van der Waals surface area contributed by atoms with Crippen LogP contribution in [0.3, 0.4) is 0 Å². The van der Waals surface area contributed by atoms with E-state index in [1.54, 1.807) is 6.07 Å². The number of halogens is 1. The number of hydrogen-bond donors (Lipinski definition) is 2. The van der Waals surface area contributed by atoms with Crippen molar-refractivity contribution in [2.75, 3.05) is 19.6 Å². The van der Waals surface area contributed by atoms with Gasteiger partial charge in [0.25, 0.3) is 0 Å². The van der Waals surface area contributed by atoms with E-state index in [1.807, 2.05) is 6.92 Å². The molecule has 1 heterocycles. The average Bonchev–Trinajstić information content (AvgIpc) is 2.82. The molecule has 1 unspecified atom stereocenters. The minimum absolute atomic E-state index is 0.236. The fraction of sp³-hybridized carbons (Fsp3) is 0.438. The molecule has 0 aromatic heterocycles. The predicted molar refractivity (Wildman–Crippen MR) is 79.5 cm³/mol. The van der Waals surface area contributed by atoms with Gasteiger partial charge < -0.3 is 11.5 Å². The van der Waals surface area contributed by atoms with Crippen molar-refractivity contribution in [1.82, 2.24) is 4.90 Å². The first-order chi connectivity index (χ1) is 9.94. The van der Waals surface area contributed by atoms with Gasteiger partial charge in [-0.3, -0.25) is 9.69 Å². The summed E-state index contributed by atoms with van der Waals surface area (Å²) in [5, 5.41) is 0. The summed E-state index contributed by atoms with van der Waals surface area (Å²) in [4.78, 5) is 13.6. The lowest BCUT2D eigenvalue weighted by molar-refractivity contribution is -0.126. The van der Waals surface area contributed by atoms with Crippen LogP contribution in [-0.4, -0.2) is 30.4 Å². The molecule has 1 amide bonds. The zero-order valence-corrected chi connectivity index (χ0v) is 12.2. The van der Waals surface area contributed by atoms with Gasteiger partial charge in [0, 0.05) is 18.7 Å². The lowest BCUT2D eigenvalue weighted by atomic mass is 9.89. The van der Waals surface area contributed by atoms with Crippen molar-refractivity contribution in [2.45, 2.75) is 19.9 Å². The van der Waals surface area contributed by atoms with Gasteiger partial charge in [0.15, 0.2) is 0 Å². The van der Waals surface area contributed by atoms with Gasteiger partial charge in [-0.1, -0.05) is 17.9 Å². The van der Waals surface area contributed by atoms with Crippen LogP contribution in [0.4, 0.5) is 4.39 Å². The van der Waals surface area contributed by atoms with Crippen LogP contribution in [0.5, 0.6) is 0 Å². The maximum Gasteiger partial charge on any atom is 0.224 e. The molecule has 1 saturated heterocycles. The van der Waals surface area contributed by atoms with E-state index < -0.39 is 5.41 Å². The normalized spacial score (nSPS) is 21.9. The Kier molecular flexibility index (Phi) is 4.61. The van der Waals surface area contributed by atoms with E-state index in [9.17, 15) is 9.18 Å². The molecule has 1 fully saturated rings. The average molecular weight is 289 g/mol. The molecule has 4 nitrogen and oxygen atoms in total. The van der Waals surface area contributed by atoms with E-state index in [4.69, 9.17) is 11.5 Å². The van der Waals surface area contributed by atoms with E-state index in [0.717, 1.165) is 18.5 Å². The van der Waals surface area contributed by atoms with Crippen molar-refractivity contribution >= 4 is 5.91 Å². The Morgan fingerprint density at radius 3 is 2.90 bits per heavy atom. The quantitative estimate of drug-likeness (QED) is 0.810. The fourth-order valence-electron chi connectivity index (χ4n) is 2.58. The topological polar surface area (TPSA) is 72.4 Å². The van der Waals surface area contributed by atoms with Crippen molar-refractivity contribution in [3.05, 3.63) is 35.1 Å². The summed E-state index contributed by atoms with van der Waals surface area (Å²) in [5.41, 5.74) is 11.9. The SMILES string of the molecule is CC1(C(N)=O)CCN(Cc2ccc(F)cc2C#CCN)C1. The van der Waals surface area contributed by atoms with Gasteiger partial charge in [-0.15, -0.1) is 0 Å². The fourth-order valence-corrected chi connectivity index (χ4v) is 2.58. The first-order valence-corrected chi connectivity index (χ1v) is 6.94. The maximum atomic E-state index is 13.3. The van der Waals surface area contributed by atoms with E-state index >= 15 is 0 Å². The van der Waals surface area contributed by atoms with E-state index in [1.165, 1.54) is 12.1 Å². The van der Waals surface area contributed by atoms with Crippen LogP contribution in [0.2, 0.25) is 0 Å². The summed E-state index contributed by atoms with van der Waals surface area (Å²) in [6, 6.07) is 4.57. The Morgan fingerprint density at radius 2 is 2.29 bits per heavy atom. The predicted octanol–water partition coefficient (Wildman–Crippen LogP) is 0.833. The van der Waals surface area contributed by atoms with Crippen LogP contribution >= 0.6 is 0 Å². The third kappa shape index (κ3) is 3.60. The van der Waals surface area contributed by atoms with Crippen molar-refractivity contribution in [3.63, 3.8) is 0 Å². The smallest absolute Gasteiger partial charge is 0.224 e. The molecule has 1 aromatic rings.